The van der Waals surface area contributed by atoms with Crippen LogP contribution in [-0.2, 0) is 13.5 Å². The summed E-state index contributed by atoms with van der Waals surface area (Å²) < 4.78 is 2.16. The summed E-state index contributed by atoms with van der Waals surface area (Å²) in [5.74, 6) is 1.08. The lowest BCUT2D eigenvalue weighted by molar-refractivity contribution is 0.814. The van der Waals surface area contributed by atoms with Crippen molar-refractivity contribution in [3.8, 4) is 0 Å². The minimum atomic E-state index is 0.0831. The lowest BCUT2D eigenvalue weighted by Crippen LogP contribution is -2.05. The molecule has 0 saturated carbocycles. The van der Waals surface area contributed by atoms with Crippen molar-refractivity contribution in [2.24, 2.45) is 12.8 Å². The average molecular weight is 265 g/mol. The van der Waals surface area contributed by atoms with E-state index in [0.29, 0.717) is 0 Å². The number of aryl methyl sites for hydroxylation is 1. The minimum absolute atomic E-state index is 0.0831. The fourth-order valence-corrected chi connectivity index (χ4v) is 2.48. The molecule has 0 fully saturated rings. The second-order valence-corrected chi connectivity index (χ2v) is 5.28. The van der Waals surface area contributed by atoms with Crippen molar-refractivity contribution in [3.05, 3.63) is 65.5 Å². The summed E-state index contributed by atoms with van der Waals surface area (Å²) in [5, 5.41) is 0. The molecule has 3 nitrogen and oxygen atoms in total. The Bertz CT molecular complexity index is 724. The largest absolute Gasteiger partial charge is 0.331 e. The van der Waals surface area contributed by atoms with Crippen LogP contribution in [0, 0.1) is 0 Å². The van der Waals surface area contributed by atoms with Gasteiger partial charge in [0.1, 0.15) is 5.82 Å². The maximum absolute atomic E-state index is 5.87. The Morgan fingerprint density at radius 2 is 1.80 bits per heavy atom. The number of fused-ring (bicyclic) bond motifs is 1. The zero-order valence-corrected chi connectivity index (χ0v) is 11.9. The molecule has 1 unspecified atom stereocenters. The number of aromatic nitrogens is 2. The predicted molar refractivity (Wildman–Crippen MR) is 82.6 cm³/mol. The summed E-state index contributed by atoms with van der Waals surface area (Å²) >= 11 is 0. The third-order valence-electron chi connectivity index (χ3n) is 3.75. The predicted octanol–water partition coefficient (Wildman–Crippen LogP) is 3.18. The van der Waals surface area contributed by atoms with Gasteiger partial charge in [0.2, 0.25) is 0 Å². The highest BCUT2D eigenvalue weighted by molar-refractivity contribution is 5.75. The van der Waals surface area contributed by atoms with Crippen molar-refractivity contribution < 1.29 is 0 Å². The normalized spacial score (nSPS) is 12.8. The monoisotopic (exact) mass is 265 g/mol. The summed E-state index contributed by atoms with van der Waals surface area (Å²) in [6.07, 6.45) is 0.838. The highest BCUT2D eigenvalue weighted by Gasteiger charge is 2.08. The maximum Gasteiger partial charge on any atom is 0.114 e. The van der Waals surface area contributed by atoms with Crippen LogP contribution in [0.1, 0.15) is 29.9 Å². The van der Waals surface area contributed by atoms with E-state index in [1.54, 1.807) is 0 Å². The third kappa shape index (κ3) is 2.32. The Morgan fingerprint density at radius 1 is 1.10 bits per heavy atom. The van der Waals surface area contributed by atoms with Crippen molar-refractivity contribution in [1.29, 1.82) is 0 Å². The molecule has 102 valence electrons. The summed E-state index contributed by atoms with van der Waals surface area (Å²) in [7, 11) is 2.07. The zero-order valence-electron chi connectivity index (χ0n) is 11.9. The van der Waals surface area contributed by atoms with Crippen LogP contribution in [0.3, 0.4) is 0 Å². The molecule has 0 amide bonds. The molecule has 0 bridgehead atoms. The van der Waals surface area contributed by atoms with Gasteiger partial charge in [0.05, 0.1) is 11.0 Å². The lowest BCUT2D eigenvalue weighted by Gasteiger charge is -2.07. The molecule has 1 heterocycles. The highest BCUT2D eigenvalue weighted by atomic mass is 15.1. The van der Waals surface area contributed by atoms with Gasteiger partial charge in [-0.25, -0.2) is 4.98 Å². The molecule has 0 saturated heterocycles. The van der Waals surface area contributed by atoms with Gasteiger partial charge in [-0.15, -0.1) is 0 Å². The first-order valence-corrected chi connectivity index (χ1v) is 6.90. The Hall–Kier alpha value is -2.13. The summed E-state index contributed by atoms with van der Waals surface area (Å²) in [5.41, 5.74) is 10.5. The number of imidazole rings is 1. The Balaban J connectivity index is 1.91. The van der Waals surface area contributed by atoms with Crippen molar-refractivity contribution in [2.75, 3.05) is 0 Å². The van der Waals surface area contributed by atoms with Crippen molar-refractivity contribution in [1.82, 2.24) is 9.55 Å². The number of rotatable bonds is 3. The van der Waals surface area contributed by atoms with Crippen LogP contribution in [0.2, 0.25) is 0 Å². The molecule has 0 spiro atoms. The first-order chi connectivity index (χ1) is 9.65. The zero-order chi connectivity index (χ0) is 14.1. The van der Waals surface area contributed by atoms with Gasteiger partial charge in [0.15, 0.2) is 0 Å². The first-order valence-electron chi connectivity index (χ1n) is 6.90. The molecule has 0 aliphatic carbocycles. The van der Waals surface area contributed by atoms with Crippen molar-refractivity contribution >= 4 is 11.0 Å². The Morgan fingerprint density at radius 3 is 2.45 bits per heavy atom. The van der Waals surface area contributed by atoms with Gasteiger partial charge in [-0.1, -0.05) is 36.4 Å². The van der Waals surface area contributed by atoms with E-state index in [-0.39, 0.29) is 6.04 Å². The highest BCUT2D eigenvalue weighted by Crippen LogP contribution is 2.18. The van der Waals surface area contributed by atoms with Gasteiger partial charge in [-0.3, -0.25) is 0 Å². The molecule has 3 heteroatoms. The van der Waals surface area contributed by atoms with Crippen molar-refractivity contribution in [3.63, 3.8) is 0 Å². The molecule has 0 radical (unpaired) electrons. The van der Waals surface area contributed by atoms with E-state index in [2.05, 4.69) is 48.0 Å². The molecule has 2 aromatic carbocycles. The van der Waals surface area contributed by atoms with E-state index in [1.807, 2.05) is 19.1 Å². The van der Waals surface area contributed by atoms with Crippen LogP contribution in [0.15, 0.2) is 48.5 Å². The molecule has 1 aromatic heterocycles. The minimum Gasteiger partial charge on any atom is -0.331 e. The first kappa shape index (κ1) is 12.9. The quantitative estimate of drug-likeness (QED) is 0.790. The molecule has 20 heavy (non-hydrogen) atoms. The van der Waals surface area contributed by atoms with Crippen LogP contribution < -0.4 is 5.73 Å². The SMILES string of the molecule is CC(N)c1ccc(Cc2nc3ccccc3n2C)cc1. The fourth-order valence-electron chi connectivity index (χ4n) is 2.48. The van der Waals surface area contributed by atoms with E-state index >= 15 is 0 Å². The number of benzene rings is 2. The number of hydrogen-bond donors (Lipinski definition) is 1. The van der Waals surface area contributed by atoms with Gasteiger partial charge < -0.3 is 10.3 Å². The Labute approximate surface area is 119 Å². The second-order valence-electron chi connectivity index (χ2n) is 5.28. The number of nitrogens with two attached hydrogens (primary N) is 1. The van der Waals surface area contributed by atoms with Crippen LogP contribution in [-0.4, -0.2) is 9.55 Å². The van der Waals surface area contributed by atoms with E-state index in [9.17, 15) is 0 Å². The summed E-state index contributed by atoms with van der Waals surface area (Å²) in [4.78, 5) is 4.70. The van der Waals surface area contributed by atoms with Crippen LogP contribution in [0.25, 0.3) is 11.0 Å². The molecule has 3 aromatic rings. The van der Waals surface area contributed by atoms with Gasteiger partial charge in [0, 0.05) is 19.5 Å². The van der Waals surface area contributed by atoms with E-state index in [0.717, 1.165) is 17.8 Å². The Kier molecular flexibility index (Phi) is 3.28. The summed E-state index contributed by atoms with van der Waals surface area (Å²) in [6.45, 7) is 2.00. The van der Waals surface area contributed by atoms with Gasteiger partial charge in [-0.05, 0) is 30.2 Å². The third-order valence-corrected chi connectivity index (χ3v) is 3.75. The molecule has 0 aliphatic heterocycles. The van der Waals surface area contributed by atoms with Crippen LogP contribution >= 0.6 is 0 Å². The van der Waals surface area contributed by atoms with Crippen molar-refractivity contribution in [2.45, 2.75) is 19.4 Å². The fraction of sp³-hybridized carbons (Fsp3) is 0.235. The van der Waals surface area contributed by atoms with E-state index < -0.39 is 0 Å². The van der Waals surface area contributed by atoms with Crippen LogP contribution in [0.4, 0.5) is 0 Å². The molecular weight excluding hydrogens is 246 g/mol. The van der Waals surface area contributed by atoms with E-state index in [1.165, 1.54) is 16.6 Å². The standard InChI is InChI=1S/C17H19N3/c1-12(18)14-9-7-13(8-10-14)11-17-19-15-5-3-4-6-16(15)20(17)2/h3-10,12H,11,18H2,1-2H3. The second kappa shape index (κ2) is 5.10. The summed E-state index contributed by atoms with van der Waals surface area (Å²) in [6, 6.07) is 16.8. The smallest absolute Gasteiger partial charge is 0.114 e. The number of nitrogens with zero attached hydrogens (tertiary/aromatic N) is 2. The molecule has 2 N–H and O–H groups in total. The van der Waals surface area contributed by atoms with Gasteiger partial charge >= 0.3 is 0 Å². The van der Waals surface area contributed by atoms with Crippen LogP contribution in [0.5, 0.6) is 0 Å². The molecular formula is C17H19N3. The number of hydrogen-bond acceptors (Lipinski definition) is 2. The van der Waals surface area contributed by atoms with E-state index in [4.69, 9.17) is 10.7 Å². The maximum atomic E-state index is 5.87. The van der Waals surface area contributed by atoms with Gasteiger partial charge in [0.25, 0.3) is 0 Å². The van der Waals surface area contributed by atoms with Gasteiger partial charge in [-0.2, -0.15) is 0 Å². The topological polar surface area (TPSA) is 43.8 Å². The lowest BCUT2D eigenvalue weighted by atomic mass is 10.1. The number of para-hydroxylation sites is 2. The molecule has 1 atom stereocenters. The molecule has 0 aliphatic rings. The average Bonchev–Trinajstić information content (AvgIpc) is 2.77. The molecule has 3 rings (SSSR count).